The second kappa shape index (κ2) is 4.55. The molecule has 0 amide bonds. The van der Waals surface area contributed by atoms with Gasteiger partial charge in [0, 0.05) is 13.1 Å². The number of sulfonamides is 1. The van der Waals surface area contributed by atoms with E-state index in [1.807, 2.05) is 0 Å². The van der Waals surface area contributed by atoms with Gasteiger partial charge in [0.15, 0.2) is 10.8 Å². The number of aryl methyl sites for hydroxylation is 1. The van der Waals surface area contributed by atoms with Gasteiger partial charge in [-0.2, -0.15) is 0 Å². The van der Waals surface area contributed by atoms with Crippen LogP contribution in [0.5, 0.6) is 0 Å². The predicted octanol–water partition coefficient (Wildman–Crippen LogP) is 0.715. The average Bonchev–Trinajstić information content (AvgIpc) is 2.76. The van der Waals surface area contributed by atoms with Crippen LogP contribution in [0, 0.1) is 11.8 Å². The second-order valence-corrected chi connectivity index (χ2v) is 6.82. The summed E-state index contributed by atoms with van der Waals surface area (Å²) in [7, 11) is -1.97. The average molecular weight is 272 g/mol. The summed E-state index contributed by atoms with van der Waals surface area (Å²) in [4.78, 5) is 3.81. The summed E-state index contributed by atoms with van der Waals surface area (Å²) < 4.78 is 28.8. The first-order valence-electron chi connectivity index (χ1n) is 6.12. The molecule has 0 spiro atoms. The fourth-order valence-electron chi connectivity index (χ4n) is 2.55. The summed E-state index contributed by atoms with van der Waals surface area (Å²) in [6.07, 6.45) is 3.33. The molecule has 1 fully saturated rings. The first-order chi connectivity index (χ1) is 8.33. The Morgan fingerprint density at radius 3 is 2.56 bits per heavy atom. The van der Waals surface area contributed by atoms with Crippen LogP contribution in [-0.2, 0) is 17.1 Å². The zero-order valence-corrected chi connectivity index (χ0v) is 11.7. The molecule has 1 aromatic heterocycles. The highest BCUT2D eigenvalue weighted by Gasteiger charge is 2.34. The Bertz CT molecular complexity index is 518. The van der Waals surface area contributed by atoms with Gasteiger partial charge in [-0.05, 0) is 24.7 Å². The molecule has 1 saturated carbocycles. The number of imidazole rings is 1. The van der Waals surface area contributed by atoms with Gasteiger partial charge in [-0.15, -0.1) is 0 Å². The molecule has 1 aromatic rings. The van der Waals surface area contributed by atoms with E-state index in [1.165, 1.54) is 10.9 Å². The standard InChI is InChI=1S/C11H20N4O2S/c1-7-4-5-9(8(7)2)14-18(16,17)11-10(12)13-6-15(11)3/h6-9,14H,4-5,12H2,1-3H3. The van der Waals surface area contributed by atoms with Crippen molar-refractivity contribution in [2.24, 2.45) is 18.9 Å². The molecule has 1 aliphatic carbocycles. The van der Waals surface area contributed by atoms with E-state index in [-0.39, 0.29) is 16.9 Å². The lowest BCUT2D eigenvalue weighted by atomic mass is 9.98. The fourth-order valence-corrected chi connectivity index (χ4v) is 4.15. The number of nitrogens with zero attached hydrogens (tertiary/aromatic N) is 2. The molecule has 6 nitrogen and oxygen atoms in total. The number of nitrogens with two attached hydrogens (primary N) is 1. The molecule has 18 heavy (non-hydrogen) atoms. The summed E-state index contributed by atoms with van der Waals surface area (Å²) in [5.41, 5.74) is 5.61. The molecule has 7 heteroatoms. The SMILES string of the molecule is CC1CCC(NS(=O)(=O)c2c(N)ncn2C)C1C. The molecule has 0 radical (unpaired) electrons. The third-order valence-electron chi connectivity index (χ3n) is 3.94. The number of nitrogen functional groups attached to an aromatic ring is 1. The van der Waals surface area contributed by atoms with Gasteiger partial charge in [0.05, 0.1) is 6.33 Å². The van der Waals surface area contributed by atoms with Crippen LogP contribution >= 0.6 is 0 Å². The van der Waals surface area contributed by atoms with Gasteiger partial charge in [0.2, 0.25) is 0 Å². The van der Waals surface area contributed by atoms with Crippen LogP contribution in [0.15, 0.2) is 11.4 Å². The quantitative estimate of drug-likeness (QED) is 0.848. The van der Waals surface area contributed by atoms with Gasteiger partial charge in [-0.1, -0.05) is 13.8 Å². The van der Waals surface area contributed by atoms with Gasteiger partial charge in [0.1, 0.15) is 0 Å². The van der Waals surface area contributed by atoms with Crippen molar-refractivity contribution in [2.45, 2.75) is 37.8 Å². The molecule has 3 unspecified atom stereocenters. The monoisotopic (exact) mass is 272 g/mol. The Kier molecular flexibility index (Phi) is 3.37. The normalized spacial score (nSPS) is 28.7. The molecule has 1 heterocycles. The lowest BCUT2D eigenvalue weighted by Gasteiger charge is -2.19. The minimum Gasteiger partial charge on any atom is -0.381 e. The highest BCUT2D eigenvalue weighted by molar-refractivity contribution is 7.89. The van der Waals surface area contributed by atoms with Crippen molar-refractivity contribution in [3.05, 3.63) is 6.33 Å². The van der Waals surface area contributed by atoms with E-state index >= 15 is 0 Å². The Morgan fingerprint density at radius 1 is 1.44 bits per heavy atom. The summed E-state index contributed by atoms with van der Waals surface area (Å²) in [5, 5.41) is 0.0502. The van der Waals surface area contributed by atoms with Crippen LogP contribution in [0.25, 0.3) is 0 Å². The van der Waals surface area contributed by atoms with Crippen molar-refractivity contribution < 1.29 is 8.42 Å². The topological polar surface area (TPSA) is 90.0 Å². The summed E-state index contributed by atoms with van der Waals surface area (Å²) in [6.45, 7) is 4.23. The largest absolute Gasteiger partial charge is 0.381 e. The number of nitrogens with one attached hydrogen (secondary N) is 1. The molecular formula is C11H20N4O2S. The van der Waals surface area contributed by atoms with Gasteiger partial charge in [-0.3, -0.25) is 0 Å². The molecular weight excluding hydrogens is 252 g/mol. The molecule has 0 aliphatic heterocycles. The molecule has 2 rings (SSSR count). The fraction of sp³-hybridized carbons (Fsp3) is 0.727. The highest BCUT2D eigenvalue weighted by atomic mass is 32.2. The molecule has 3 atom stereocenters. The lowest BCUT2D eigenvalue weighted by molar-refractivity contribution is 0.401. The molecule has 0 aromatic carbocycles. The van der Waals surface area contributed by atoms with E-state index in [2.05, 4.69) is 23.6 Å². The first kappa shape index (κ1) is 13.4. The minimum absolute atomic E-state index is 0.0145. The maximum Gasteiger partial charge on any atom is 0.260 e. The van der Waals surface area contributed by atoms with Crippen molar-refractivity contribution in [1.82, 2.24) is 14.3 Å². The zero-order chi connectivity index (χ0) is 13.5. The number of hydrogen-bond acceptors (Lipinski definition) is 4. The van der Waals surface area contributed by atoms with Gasteiger partial charge < -0.3 is 10.3 Å². The maximum atomic E-state index is 12.3. The van der Waals surface area contributed by atoms with E-state index in [0.717, 1.165) is 12.8 Å². The second-order valence-electron chi connectivity index (χ2n) is 5.19. The lowest BCUT2D eigenvalue weighted by Crippen LogP contribution is -2.38. The third kappa shape index (κ3) is 2.24. The smallest absolute Gasteiger partial charge is 0.260 e. The summed E-state index contributed by atoms with van der Waals surface area (Å²) in [6, 6.07) is -0.0145. The van der Waals surface area contributed by atoms with Crippen LogP contribution in [-0.4, -0.2) is 24.0 Å². The number of aromatic nitrogens is 2. The van der Waals surface area contributed by atoms with Crippen LogP contribution in [0.4, 0.5) is 5.82 Å². The van der Waals surface area contributed by atoms with Crippen LogP contribution in [0.2, 0.25) is 0 Å². The first-order valence-corrected chi connectivity index (χ1v) is 7.60. The highest BCUT2D eigenvalue weighted by Crippen LogP contribution is 2.32. The number of rotatable bonds is 3. The predicted molar refractivity (Wildman–Crippen MR) is 69.3 cm³/mol. The van der Waals surface area contributed by atoms with E-state index in [1.54, 1.807) is 7.05 Å². The number of hydrogen-bond donors (Lipinski definition) is 2. The minimum atomic E-state index is -3.59. The van der Waals surface area contributed by atoms with Crippen molar-refractivity contribution in [3.8, 4) is 0 Å². The van der Waals surface area contributed by atoms with Gasteiger partial charge in [-0.25, -0.2) is 18.1 Å². The Labute approximate surface area is 108 Å². The van der Waals surface area contributed by atoms with Gasteiger partial charge >= 0.3 is 0 Å². The van der Waals surface area contributed by atoms with Crippen LogP contribution < -0.4 is 10.5 Å². The summed E-state index contributed by atoms with van der Waals surface area (Å²) >= 11 is 0. The van der Waals surface area contributed by atoms with Crippen LogP contribution in [0.1, 0.15) is 26.7 Å². The maximum absolute atomic E-state index is 12.3. The number of anilines is 1. The van der Waals surface area contributed by atoms with Crippen molar-refractivity contribution in [2.75, 3.05) is 5.73 Å². The van der Waals surface area contributed by atoms with Crippen molar-refractivity contribution >= 4 is 15.8 Å². The van der Waals surface area contributed by atoms with E-state index in [0.29, 0.717) is 11.8 Å². The van der Waals surface area contributed by atoms with E-state index < -0.39 is 10.0 Å². The molecule has 1 aliphatic rings. The molecule has 0 bridgehead atoms. The zero-order valence-electron chi connectivity index (χ0n) is 10.9. The van der Waals surface area contributed by atoms with Crippen molar-refractivity contribution in [1.29, 1.82) is 0 Å². The molecule has 102 valence electrons. The van der Waals surface area contributed by atoms with E-state index in [9.17, 15) is 8.42 Å². The molecule has 0 saturated heterocycles. The Morgan fingerprint density at radius 2 is 2.11 bits per heavy atom. The van der Waals surface area contributed by atoms with E-state index in [4.69, 9.17) is 5.73 Å². The molecule has 3 N–H and O–H groups in total. The van der Waals surface area contributed by atoms with Crippen LogP contribution in [0.3, 0.4) is 0 Å². The summed E-state index contributed by atoms with van der Waals surface area (Å²) in [5.74, 6) is 0.930. The Balaban J connectivity index is 2.23. The Hall–Kier alpha value is -1.08. The van der Waals surface area contributed by atoms with Crippen molar-refractivity contribution in [3.63, 3.8) is 0 Å². The third-order valence-corrected chi connectivity index (χ3v) is 5.56. The van der Waals surface area contributed by atoms with Gasteiger partial charge in [0.25, 0.3) is 10.0 Å².